The number of methoxy groups -OCH3 is 1. The van der Waals surface area contributed by atoms with Crippen molar-refractivity contribution in [3.05, 3.63) is 35.6 Å². The van der Waals surface area contributed by atoms with Gasteiger partial charge in [0.25, 0.3) is 0 Å². The molecule has 2 aliphatic rings. The van der Waals surface area contributed by atoms with Crippen LogP contribution in [0.5, 0.6) is 0 Å². The average Bonchev–Trinajstić information content (AvgIpc) is 2.71. The van der Waals surface area contributed by atoms with Gasteiger partial charge in [0.15, 0.2) is 5.96 Å². The number of benzene rings is 1. The standard InChI is InChI=1S/C23H36FN3O2.HI/c1-3-25-22(27-14-10-21(11-15-27)29-17-5-16-28-2)26-18-23(12-4-13-23)19-6-8-20(24)9-7-19;/h6-9,21H,3-5,10-18H2,1-2H3,(H,25,26);1H. The van der Waals surface area contributed by atoms with Crippen molar-refractivity contribution < 1.29 is 13.9 Å². The highest BCUT2D eigenvalue weighted by atomic mass is 127. The molecule has 0 radical (unpaired) electrons. The summed E-state index contributed by atoms with van der Waals surface area (Å²) >= 11 is 0. The fraction of sp³-hybridized carbons (Fsp3) is 0.696. The summed E-state index contributed by atoms with van der Waals surface area (Å²) in [6.07, 6.45) is 6.81. The van der Waals surface area contributed by atoms with Crippen molar-refractivity contribution in [1.29, 1.82) is 0 Å². The summed E-state index contributed by atoms with van der Waals surface area (Å²) in [5, 5.41) is 3.47. The van der Waals surface area contributed by atoms with Gasteiger partial charge in [0, 0.05) is 45.4 Å². The van der Waals surface area contributed by atoms with Gasteiger partial charge in [-0.2, -0.15) is 0 Å². The second-order valence-corrected chi connectivity index (χ2v) is 8.21. The number of hydrogen-bond acceptors (Lipinski definition) is 3. The predicted molar refractivity (Wildman–Crippen MR) is 130 cm³/mol. The van der Waals surface area contributed by atoms with Crippen LogP contribution in [-0.2, 0) is 14.9 Å². The van der Waals surface area contributed by atoms with E-state index in [1.54, 1.807) is 19.2 Å². The minimum Gasteiger partial charge on any atom is -0.385 e. The Morgan fingerprint density at radius 1 is 1.20 bits per heavy atom. The number of likely N-dealkylation sites (tertiary alicyclic amines) is 1. The van der Waals surface area contributed by atoms with Crippen LogP contribution in [0.15, 0.2) is 29.3 Å². The summed E-state index contributed by atoms with van der Waals surface area (Å²) in [7, 11) is 1.73. The van der Waals surface area contributed by atoms with E-state index in [0.29, 0.717) is 6.10 Å². The highest BCUT2D eigenvalue weighted by Gasteiger charge is 2.38. The van der Waals surface area contributed by atoms with Gasteiger partial charge in [0.1, 0.15) is 5.82 Å². The van der Waals surface area contributed by atoms with E-state index in [1.165, 1.54) is 12.0 Å². The highest BCUT2D eigenvalue weighted by molar-refractivity contribution is 14.0. The maximum Gasteiger partial charge on any atom is 0.193 e. The number of guanidine groups is 1. The Morgan fingerprint density at radius 3 is 2.47 bits per heavy atom. The molecule has 1 aromatic carbocycles. The van der Waals surface area contributed by atoms with E-state index < -0.39 is 0 Å². The minimum atomic E-state index is -0.174. The van der Waals surface area contributed by atoms with Crippen molar-refractivity contribution in [2.24, 2.45) is 4.99 Å². The van der Waals surface area contributed by atoms with Gasteiger partial charge in [-0.05, 0) is 56.7 Å². The molecule has 0 bridgehead atoms. The summed E-state index contributed by atoms with van der Waals surface area (Å²) < 4.78 is 24.4. The molecule has 7 heteroatoms. The summed E-state index contributed by atoms with van der Waals surface area (Å²) in [5.74, 6) is 0.825. The zero-order valence-corrected chi connectivity index (χ0v) is 20.7. The van der Waals surface area contributed by atoms with Crippen LogP contribution in [0.2, 0.25) is 0 Å². The van der Waals surface area contributed by atoms with Gasteiger partial charge in [-0.1, -0.05) is 18.6 Å². The maximum absolute atomic E-state index is 13.3. The van der Waals surface area contributed by atoms with Crippen LogP contribution < -0.4 is 5.32 Å². The average molecular weight is 533 g/mol. The van der Waals surface area contributed by atoms with E-state index >= 15 is 0 Å². The molecule has 1 heterocycles. The molecular formula is C23H37FIN3O2. The first-order chi connectivity index (χ1) is 14.2. The monoisotopic (exact) mass is 533 g/mol. The molecule has 0 unspecified atom stereocenters. The van der Waals surface area contributed by atoms with Crippen molar-refractivity contribution >= 4 is 29.9 Å². The Kier molecular flexibility index (Phi) is 10.8. The predicted octanol–water partition coefficient (Wildman–Crippen LogP) is 4.35. The molecule has 30 heavy (non-hydrogen) atoms. The molecule has 1 saturated carbocycles. The molecule has 0 aromatic heterocycles. The molecule has 170 valence electrons. The lowest BCUT2D eigenvalue weighted by atomic mass is 9.64. The lowest BCUT2D eigenvalue weighted by molar-refractivity contribution is 0.00987. The SMILES string of the molecule is CCNC(=NCC1(c2ccc(F)cc2)CCC1)N1CCC(OCCCOC)CC1.I. The zero-order valence-electron chi connectivity index (χ0n) is 18.4. The second-order valence-electron chi connectivity index (χ2n) is 8.21. The van der Waals surface area contributed by atoms with Gasteiger partial charge in [-0.3, -0.25) is 4.99 Å². The summed E-state index contributed by atoms with van der Waals surface area (Å²) in [4.78, 5) is 7.38. The molecule has 0 spiro atoms. The first kappa shape index (κ1) is 25.3. The minimum absolute atomic E-state index is 0. The van der Waals surface area contributed by atoms with Crippen molar-refractivity contribution in [3.63, 3.8) is 0 Å². The topological polar surface area (TPSA) is 46.1 Å². The lowest BCUT2D eigenvalue weighted by Gasteiger charge is -2.42. The number of halogens is 2. The molecule has 1 aliphatic carbocycles. The molecule has 1 aromatic rings. The van der Waals surface area contributed by atoms with E-state index in [-0.39, 0.29) is 35.2 Å². The van der Waals surface area contributed by atoms with Gasteiger partial charge in [-0.15, -0.1) is 24.0 Å². The lowest BCUT2D eigenvalue weighted by Crippen LogP contribution is -2.48. The van der Waals surface area contributed by atoms with Crippen LogP contribution in [0.1, 0.15) is 51.0 Å². The third kappa shape index (κ3) is 6.79. The van der Waals surface area contributed by atoms with Gasteiger partial charge in [0.05, 0.1) is 12.6 Å². The number of nitrogens with one attached hydrogen (secondary N) is 1. The summed E-state index contributed by atoms with van der Waals surface area (Å²) in [5.41, 5.74) is 1.28. The van der Waals surface area contributed by atoms with Crippen molar-refractivity contribution in [2.75, 3.05) is 46.5 Å². The van der Waals surface area contributed by atoms with Crippen molar-refractivity contribution in [2.45, 2.75) is 57.0 Å². The van der Waals surface area contributed by atoms with Gasteiger partial charge < -0.3 is 19.7 Å². The number of piperidine rings is 1. The van der Waals surface area contributed by atoms with E-state index in [4.69, 9.17) is 14.5 Å². The Labute approximate surface area is 197 Å². The largest absolute Gasteiger partial charge is 0.385 e. The normalized spacial score (nSPS) is 19.2. The molecular weight excluding hydrogens is 496 g/mol. The Balaban J connectivity index is 0.00000320. The van der Waals surface area contributed by atoms with E-state index in [2.05, 4.69) is 17.1 Å². The van der Waals surface area contributed by atoms with Crippen LogP contribution >= 0.6 is 24.0 Å². The maximum atomic E-state index is 13.3. The van der Waals surface area contributed by atoms with Crippen LogP contribution in [0.4, 0.5) is 4.39 Å². The summed E-state index contributed by atoms with van der Waals surface area (Å²) in [6, 6.07) is 7.01. The van der Waals surface area contributed by atoms with Crippen LogP contribution in [-0.4, -0.2) is 63.5 Å². The van der Waals surface area contributed by atoms with E-state index in [0.717, 1.165) is 77.5 Å². The Hall–Kier alpha value is -0.930. The number of ether oxygens (including phenoxy) is 2. The molecule has 5 nitrogen and oxygen atoms in total. The number of aliphatic imine (C=N–C) groups is 1. The van der Waals surface area contributed by atoms with Crippen molar-refractivity contribution in [1.82, 2.24) is 10.2 Å². The molecule has 0 atom stereocenters. The fourth-order valence-electron chi connectivity index (χ4n) is 4.28. The first-order valence-electron chi connectivity index (χ1n) is 11.1. The highest BCUT2D eigenvalue weighted by Crippen LogP contribution is 2.44. The molecule has 1 saturated heterocycles. The number of hydrogen-bond donors (Lipinski definition) is 1. The second kappa shape index (κ2) is 12.8. The van der Waals surface area contributed by atoms with Crippen LogP contribution in [0.3, 0.4) is 0 Å². The van der Waals surface area contributed by atoms with E-state index in [9.17, 15) is 4.39 Å². The molecule has 2 fully saturated rings. The van der Waals surface area contributed by atoms with Gasteiger partial charge in [-0.25, -0.2) is 4.39 Å². The molecule has 1 aliphatic heterocycles. The van der Waals surface area contributed by atoms with Crippen molar-refractivity contribution in [3.8, 4) is 0 Å². The quantitative estimate of drug-likeness (QED) is 0.222. The van der Waals surface area contributed by atoms with Gasteiger partial charge >= 0.3 is 0 Å². The van der Waals surface area contributed by atoms with Crippen LogP contribution in [0, 0.1) is 5.82 Å². The van der Waals surface area contributed by atoms with E-state index in [1.807, 2.05) is 12.1 Å². The smallest absolute Gasteiger partial charge is 0.193 e. The van der Waals surface area contributed by atoms with Gasteiger partial charge in [0.2, 0.25) is 0 Å². The molecule has 1 N–H and O–H groups in total. The number of nitrogens with zero attached hydrogens (tertiary/aromatic N) is 2. The Bertz CT molecular complexity index is 644. The Morgan fingerprint density at radius 2 is 1.90 bits per heavy atom. The molecule has 3 rings (SSSR count). The molecule has 0 amide bonds. The zero-order chi connectivity index (χ0) is 20.5. The summed E-state index contributed by atoms with van der Waals surface area (Å²) in [6.45, 7) is 7.18. The fourth-order valence-corrected chi connectivity index (χ4v) is 4.28. The van der Waals surface area contributed by atoms with Crippen LogP contribution in [0.25, 0.3) is 0 Å². The third-order valence-corrected chi connectivity index (χ3v) is 6.22. The third-order valence-electron chi connectivity index (χ3n) is 6.22. The first-order valence-corrected chi connectivity index (χ1v) is 11.1. The number of rotatable bonds is 9.